The number of rotatable bonds is 2. The van der Waals surface area contributed by atoms with Gasteiger partial charge in [-0.2, -0.15) is 0 Å². The Morgan fingerprint density at radius 3 is 2.62 bits per heavy atom. The first-order chi connectivity index (χ1) is 10.2. The van der Waals surface area contributed by atoms with Crippen LogP contribution in [0.5, 0.6) is 0 Å². The van der Waals surface area contributed by atoms with Crippen LogP contribution in [0, 0.1) is 3.57 Å². The van der Waals surface area contributed by atoms with Crippen LogP contribution in [0.4, 0.5) is 0 Å². The molecule has 0 unspecified atom stereocenters. The fraction of sp³-hybridized carbons (Fsp3) is 0.562. The van der Waals surface area contributed by atoms with Crippen molar-refractivity contribution in [1.29, 1.82) is 0 Å². The van der Waals surface area contributed by atoms with Gasteiger partial charge in [-0.3, -0.25) is 0 Å². The Kier molecular flexibility index (Phi) is 4.51. The average molecular weight is 402 g/mol. The van der Waals surface area contributed by atoms with E-state index >= 15 is 0 Å². The molecule has 4 nitrogen and oxygen atoms in total. The van der Waals surface area contributed by atoms with Gasteiger partial charge in [-0.15, -0.1) is 0 Å². The highest BCUT2D eigenvalue weighted by atomic mass is 127. The topological polar surface area (TPSA) is 44.8 Å². The summed E-state index contributed by atoms with van der Waals surface area (Å²) in [5.41, 5.74) is 0.996. The summed E-state index contributed by atoms with van der Waals surface area (Å²) in [5.74, 6) is -0.970. The Hall–Kier alpha value is -0.660. The molecule has 1 heterocycles. The van der Waals surface area contributed by atoms with E-state index in [0.29, 0.717) is 0 Å². The summed E-state index contributed by atoms with van der Waals surface area (Å²) in [7, 11) is 1.39. The Morgan fingerprint density at radius 1 is 1.24 bits per heavy atom. The minimum atomic E-state index is -0.677. The highest BCUT2D eigenvalue weighted by Crippen LogP contribution is 2.47. The van der Waals surface area contributed by atoms with Crippen LogP contribution in [0.2, 0.25) is 0 Å². The van der Waals surface area contributed by atoms with E-state index in [9.17, 15) is 4.79 Å². The molecule has 2 atom stereocenters. The quantitative estimate of drug-likeness (QED) is 0.561. The lowest BCUT2D eigenvalue weighted by Crippen LogP contribution is -2.35. The SMILES string of the molecule is COC(=O)[C@@H]1OC2(CCCCC2)O[C@H]1c1ccccc1I. The van der Waals surface area contributed by atoms with Gasteiger partial charge in [0, 0.05) is 16.4 Å². The van der Waals surface area contributed by atoms with Gasteiger partial charge < -0.3 is 14.2 Å². The maximum atomic E-state index is 12.1. The predicted octanol–water partition coefficient (Wildman–Crippen LogP) is 3.58. The zero-order valence-corrected chi connectivity index (χ0v) is 14.2. The van der Waals surface area contributed by atoms with Crippen LogP contribution in [0.25, 0.3) is 0 Å². The average Bonchev–Trinajstić information content (AvgIpc) is 2.86. The number of halogens is 1. The van der Waals surface area contributed by atoms with E-state index in [-0.39, 0.29) is 12.1 Å². The zero-order valence-electron chi connectivity index (χ0n) is 12.0. The maximum Gasteiger partial charge on any atom is 0.338 e. The lowest BCUT2D eigenvalue weighted by atomic mass is 9.94. The molecule has 3 rings (SSSR count). The summed E-state index contributed by atoms with van der Waals surface area (Å²) in [6.07, 6.45) is 3.98. The van der Waals surface area contributed by atoms with Gasteiger partial charge in [0.05, 0.1) is 7.11 Å². The van der Waals surface area contributed by atoms with Crippen molar-refractivity contribution in [3.05, 3.63) is 33.4 Å². The molecule has 2 aliphatic rings. The van der Waals surface area contributed by atoms with Crippen molar-refractivity contribution in [1.82, 2.24) is 0 Å². The highest BCUT2D eigenvalue weighted by Gasteiger charge is 2.52. The summed E-state index contributed by atoms with van der Waals surface area (Å²) in [6.45, 7) is 0. The van der Waals surface area contributed by atoms with Gasteiger partial charge in [0.2, 0.25) is 0 Å². The number of benzene rings is 1. The van der Waals surface area contributed by atoms with Crippen LogP contribution in [0.15, 0.2) is 24.3 Å². The number of hydrogen-bond donors (Lipinski definition) is 0. The lowest BCUT2D eigenvalue weighted by molar-refractivity contribution is -0.199. The van der Waals surface area contributed by atoms with E-state index < -0.39 is 11.9 Å². The normalized spacial score (nSPS) is 27.7. The molecule has 0 radical (unpaired) electrons. The number of esters is 1. The summed E-state index contributed by atoms with van der Waals surface area (Å²) >= 11 is 2.27. The highest BCUT2D eigenvalue weighted by molar-refractivity contribution is 14.1. The van der Waals surface area contributed by atoms with Crippen LogP contribution in [0.3, 0.4) is 0 Å². The lowest BCUT2D eigenvalue weighted by Gasteiger charge is -2.31. The van der Waals surface area contributed by atoms with E-state index in [2.05, 4.69) is 22.6 Å². The second-order valence-corrected chi connectivity index (χ2v) is 6.76. The minimum absolute atomic E-state index is 0.359. The molecule has 0 N–H and O–H groups in total. The first-order valence-corrected chi connectivity index (χ1v) is 8.41. The Bertz CT molecular complexity index is 525. The zero-order chi connectivity index (χ0) is 14.9. The van der Waals surface area contributed by atoms with Gasteiger partial charge in [-0.1, -0.05) is 24.6 Å². The van der Waals surface area contributed by atoms with Gasteiger partial charge in [0.1, 0.15) is 6.10 Å². The third kappa shape index (κ3) is 2.96. The third-order valence-electron chi connectivity index (χ3n) is 4.22. The number of carbonyl (C=O) groups excluding carboxylic acids is 1. The van der Waals surface area contributed by atoms with Crippen molar-refractivity contribution in [3.8, 4) is 0 Å². The van der Waals surface area contributed by atoms with Gasteiger partial charge in [-0.05, 0) is 47.1 Å². The molecule has 5 heteroatoms. The van der Waals surface area contributed by atoms with Crippen LogP contribution in [-0.2, 0) is 19.0 Å². The molecule has 0 amide bonds. The molecule has 1 aromatic carbocycles. The first-order valence-electron chi connectivity index (χ1n) is 7.33. The molecule has 2 fully saturated rings. The summed E-state index contributed by atoms with van der Waals surface area (Å²) in [6, 6.07) is 7.94. The molecule has 1 aliphatic carbocycles. The summed E-state index contributed by atoms with van der Waals surface area (Å²) < 4.78 is 18.3. The molecule has 1 aliphatic heterocycles. The summed E-state index contributed by atoms with van der Waals surface area (Å²) in [5, 5.41) is 0. The van der Waals surface area contributed by atoms with E-state index in [1.807, 2.05) is 24.3 Å². The molecular weight excluding hydrogens is 383 g/mol. The molecule has 1 spiro atoms. The Balaban J connectivity index is 1.92. The molecule has 114 valence electrons. The van der Waals surface area contributed by atoms with Gasteiger partial charge in [0.25, 0.3) is 0 Å². The molecule has 21 heavy (non-hydrogen) atoms. The van der Waals surface area contributed by atoms with Crippen molar-refractivity contribution in [2.45, 2.75) is 50.1 Å². The van der Waals surface area contributed by atoms with Crippen molar-refractivity contribution in [2.24, 2.45) is 0 Å². The molecule has 0 bridgehead atoms. The largest absolute Gasteiger partial charge is 0.467 e. The summed E-state index contributed by atoms with van der Waals surface area (Å²) in [4.78, 5) is 12.1. The molecular formula is C16H19IO4. The van der Waals surface area contributed by atoms with E-state index in [1.165, 1.54) is 13.5 Å². The maximum absolute atomic E-state index is 12.1. The Labute approximate surface area is 138 Å². The molecule has 1 saturated heterocycles. The van der Waals surface area contributed by atoms with Crippen LogP contribution < -0.4 is 0 Å². The second kappa shape index (κ2) is 6.22. The molecule has 1 aromatic rings. The van der Waals surface area contributed by atoms with Gasteiger partial charge in [0.15, 0.2) is 11.9 Å². The van der Waals surface area contributed by atoms with Gasteiger partial charge >= 0.3 is 5.97 Å². The van der Waals surface area contributed by atoms with Crippen LogP contribution in [0.1, 0.15) is 43.8 Å². The standard InChI is InChI=1S/C16H19IO4/c1-19-15(18)14-13(11-7-3-4-8-12(11)17)20-16(21-14)9-5-2-6-10-16/h3-4,7-8,13-14H,2,5-6,9-10H2,1H3/t13-,14+/m0/s1. The van der Waals surface area contributed by atoms with Crippen LogP contribution >= 0.6 is 22.6 Å². The third-order valence-corrected chi connectivity index (χ3v) is 5.20. The smallest absolute Gasteiger partial charge is 0.338 e. The van der Waals surface area contributed by atoms with Crippen molar-refractivity contribution in [2.75, 3.05) is 7.11 Å². The van der Waals surface area contributed by atoms with Crippen molar-refractivity contribution in [3.63, 3.8) is 0 Å². The van der Waals surface area contributed by atoms with E-state index in [1.54, 1.807) is 0 Å². The minimum Gasteiger partial charge on any atom is -0.467 e. The molecule has 1 saturated carbocycles. The number of ether oxygens (including phenoxy) is 3. The van der Waals surface area contributed by atoms with E-state index in [4.69, 9.17) is 14.2 Å². The number of hydrogen-bond acceptors (Lipinski definition) is 4. The molecule has 0 aromatic heterocycles. The monoisotopic (exact) mass is 402 g/mol. The van der Waals surface area contributed by atoms with Crippen molar-refractivity contribution < 1.29 is 19.0 Å². The van der Waals surface area contributed by atoms with Crippen molar-refractivity contribution >= 4 is 28.6 Å². The predicted molar refractivity (Wildman–Crippen MR) is 85.7 cm³/mol. The van der Waals surface area contributed by atoms with E-state index in [0.717, 1.165) is 34.8 Å². The van der Waals surface area contributed by atoms with Gasteiger partial charge in [-0.25, -0.2) is 4.79 Å². The number of carbonyl (C=O) groups is 1. The Morgan fingerprint density at radius 2 is 1.95 bits per heavy atom. The fourth-order valence-electron chi connectivity index (χ4n) is 3.16. The van der Waals surface area contributed by atoms with Crippen LogP contribution in [-0.4, -0.2) is 25.0 Å². The number of methoxy groups -OCH3 is 1. The fourth-order valence-corrected chi connectivity index (χ4v) is 3.85. The first kappa shape index (κ1) is 15.2. The second-order valence-electron chi connectivity index (χ2n) is 5.59.